The first-order valence-corrected chi connectivity index (χ1v) is 10.7. The summed E-state index contributed by atoms with van der Waals surface area (Å²) in [6, 6.07) is 23.1. The van der Waals surface area contributed by atoms with Gasteiger partial charge in [-0.15, -0.1) is 0 Å². The van der Waals surface area contributed by atoms with Crippen LogP contribution in [0, 0.1) is 13.8 Å². The maximum absolute atomic E-state index is 12.1. The zero-order chi connectivity index (χ0) is 23.9. The molecule has 2 aromatic carbocycles. The second-order valence-corrected chi connectivity index (χ2v) is 7.51. The maximum Gasteiger partial charge on any atom is 0.255 e. The average Bonchev–Trinajstić information content (AvgIpc) is 3.42. The Balaban J connectivity index is 0.000000180. The van der Waals surface area contributed by atoms with Crippen LogP contribution < -0.4 is 11.1 Å². The maximum atomic E-state index is 12.1. The first-order chi connectivity index (χ1) is 16.5. The van der Waals surface area contributed by atoms with Crippen LogP contribution >= 0.6 is 0 Å². The number of hydrogen-bond acceptors (Lipinski definition) is 5. The summed E-state index contributed by atoms with van der Waals surface area (Å²) >= 11 is 0. The van der Waals surface area contributed by atoms with E-state index in [2.05, 4.69) is 20.5 Å². The standard InChI is InChI=1S/C16H14N4O.C10H11N3/c1-12-15(19-16(21)13-7-9-17-10-8-13)11-18-20(12)14-5-3-2-4-6-14;1-8-10(11)7-12-13(8)9-5-3-2-4-6-9/h2-11H,1H3,(H,19,21);2-7H,11H2,1H3. The predicted molar refractivity (Wildman–Crippen MR) is 133 cm³/mol. The number of rotatable bonds is 4. The molecule has 0 radical (unpaired) electrons. The number of amides is 1. The average molecular weight is 452 g/mol. The normalized spacial score (nSPS) is 10.3. The van der Waals surface area contributed by atoms with E-state index < -0.39 is 0 Å². The number of nitrogens with one attached hydrogen (secondary N) is 1. The molecule has 170 valence electrons. The van der Waals surface area contributed by atoms with Gasteiger partial charge >= 0.3 is 0 Å². The van der Waals surface area contributed by atoms with Crippen molar-refractivity contribution in [2.75, 3.05) is 11.1 Å². The number of nitrogens with two attached hydrogens (primary N) is 1. The lowest BCUT2D eigenvalue weighted by Crippen LogP contribution is -2.12. The Labute approximate surface area is 197 Å². The Morgan fingerprint density at radius 2 is 1.29 bits per heavy atom. The van der Waals surface area contributed by atoms with Gasteiger partial charge in [0.1, 0.15) is 0 Å². The van der Waals surface area contributed by atoms with Gasteiger partial charge in [-0.2, -0.15) is 10.2 Å². The van der Waals surface area contributed by atoms with Crippen LogP contribution in [0.2, 0.25) is 0 Å². The van der Waals surface area contributed by atoms with Crippen LogP contribution in [0.5, 0.6) is 0 Å². The molecule has 3 N–H and O–H groups in total. The van der Waals surface area contributed by atoms with E-state index in [1.54, 1.807) is 41.6 Å². The molecule has 0 atom stereocenters. The minimum atomic E-state index is -0.173. The summed E-state index contributed by atoms with van der Waals surface area (Å²) in [5, 5.41) is 11.4. The van der Waals surface area contributed by atoms with E-state index in [1.165, 1.54) is 0 Å². The Morgan fingerprint density at radius 1 is 0.765 bits per heavy atom. The molecule has 0 saturated heterocycles. The lowest BCUT2D eigenvalue weighted by Gasteiger charge is -2.06. The quantitative estimate of drug-likeness (QED) is 0.416. The number of hydrogen-bond donors (Lipinski definition) is 2. The Bertz CT molecular complexity index is 1360. The number of nitrogen functional groups attached to an aromatic ring is 1. The number of nitrogens with zero attached hydrogens (tertiary/aromatic N) is 5. The van der Waals surface area contributed by atoms with Crippen molar-refractivity contribution >= 4 is 17.3 Å². The SMILES string of the molecule is Cc1c(N)cnn1-c1ccccc1.Cc1c(NC(=O)c2ccncc2)cnn1-c1ccccc1. The van der Waals surface area contributed by atoms with E-state index in [1.807, 2.05) is 79.2 Å². The smallest absolute Gasteiger partial charge is 0.255 e. The van der Waals surface area contributed by atoms with Crippen LogP contribution in [0.3, 0.4) is 0 Å². The van der Waals surface area contributed by atoms with Gasteiger partial charge in [-0.1, -0.05) is 36.4 Å². The van der Waals surface area contributed by atoms with Gasteiger partial charge in [-0.05, 0) is 50.2 Å². The zero-order valence-corrected chi connectivity index (χ0v) is 19.0. The summed E-state index contributed by atoms with van der Waals surface area (Å²) in [6.45, 7) is 3.87. The van der Waals surface area contributed by atoms with Crippen LogP contribution in [-0.2, 0) is 0 Å². The van der Waals surface area contributed by atoms with Gasteiger partial charge in [-0.25, -0.2) is 9.36 Å². The molecule has 0 fully saturated rings. The van der Waals surface area contributed by atoms with Crippen molar-refractivity contribution in [3.8, 4) is 11.4 Å². The Morgan fingerprint density at radius 3 is 1.82 bits per heavy atom. The van der Waals surface area contributed by atoms with Crippen molar-refractivity contribution < 1.29 is 4.79 Å². The summed E-state index contributed by atoms with van der Waals surface area (Å²) in [7, 11) is 0. The van der Waals surface area contributed by atoms with E-state index in [0.29, 0.717) is 11.3 Å². The lowest BCUT2D eigenvalue weighted by molar-refractivity contribution is 0.102. The fourth-order valence-corrected chi connectivity index (χ4v) is 3.31. The van der Waals surface area contributed by atoms with Crippen molar-refractivity contribution in [1.82, 2.24) is 24.5 Å². The first-order valence-electron chi connectivity index (χ1n) is 10.7. The zero-order valence-electron chi connectivity index (χ0n) is 19.0. The van der Waals surface area contributed by atoms with Gasteiger partial charge in [-0.3, -0.25) is 9.78 Å². The fraction of sp³-hybridized carbons (Fsp3) is 0.0769. The molecule has 0 unspecified atom stereocenters. The van der Waals surface area contributed by atoms with Crippen molar-refractivity contribution in [3.63, 3.8) is 0 Å². The van der Waals surface area contributed by atoms with Crippen LogP contribution in [0.4, 0.5) is 11.4 Å². The van der Waals surface area contributed by atoms with Crippen molar-refractivity contribution in [3.05, 3.63) is 115 Å². The van der Waals surface area contributed by atoms with Gasteiger partial charge in [0.05, 0.1) is 46.5 Å². The third-order valence-electron chi connectivity index (χ3n) is 5.25. The van der Waals surface area contributed by atoms with Crippen LogP contribution in [0.1, 0.15) is 21.7 Å². The Hall–Kier alpha value is -4.72. The van der Waals surface area contributed by atoms with Crippen molar-refractivity contribution in [1.29, 1.82) is 0 Å². The van der Waals surface area contributed by atoms with E-state index in [-0.39, 0.29) is 5.91 Å². The number of para-hydroxylation sites is 2. The number of anilines is 2. The van der Waals surface area contributed by atoms with Gasteiger partial charge in [0.25, 0.3) is 5.91 Å². The molecule has 0 spiro atoms. The minimum Gasteiger partial charge on any atom is -0.396 e. The van der Waals surface area contributed by atoms with Gasteiger partial charge < -0.3 is 11.1 Å². The van der Waals surface area contributed by atoms with Crippen LogP contribution in [-0.4, -0.2) is 30.5 Å². The molecule has 0 aliphatic rings. The third kappa shape index (κ3) is 5.02. The molecule has 1 amide bonds. The monoisotopic (exact) mass is 451 g/mol. The topological polar surface area (TPSA) is 104 Å². The largest absolute Gasteiger partial charge is 0.396 e. The summed E-state index contributed by atoms with van der Waals surface area (Å²) in [4.78, 5) is 16.0. The van der Waals surface area contributed by atoms with Gasteiger partial charge in [0.15, 0.2) is 0 Å². The first kappa shape index (κ1) is 22.5. The highest BCUT2D eigenvalue weighted by Crippen LogP contribution is 2.19. The van der Waals surface area contributed by atoms with Crippen LogP contribution in [0.25, 0.3) is 11.4 Å². The highest BCUT2D eigenvalue weighted by molar-refractivity contribution is 6.04. The van der Waals surface area contributed by atoms with E-state index >= 15 is 0 Å². The molecular formula is C26H25N7O. The second kappa shape index (κ2) is 10.3. The molecule has 0 bridgehead atoms. The van der Waals surface area contributed by atoms with E-state index in [4.69, 9.17) is 5.73 Å². The van der Waals surface area contributed by atoms with E-state index in [9.17, 15) is 4.79 Å². The molecule has 5 rings (SSSR count). The molecule has 5 aromatic rings. The van der Waals surface area contributed by atoms with E-state index in [0.717, 1.165) is 28.5 Å². The third-order valence-corrected chi connectivity index (χ3v) is 5.25. The lowest BCUT2D eigenvalue weighted by atomic mass is 10.2. The highest BCUT2D eigenvalue weighted by Gasteiger charge is 2.12. The minimum absolute atomic E-state index is 0.173. The molecule has 8 nitrogen and oxygen atoms in total. The van der Waals surface area contributed by atoms with Crippen molar-refractivity contribution in [2.24, 2.45) is 0 Å². The van der Waals surface area contributed by atoms with Crippen LogP contribution in [0.15, 0.2) is 97.6 Å². The summed E-state index contributed by atoms with van der Waals surface area (Å²) in [6.07, 6.45) is 6.51. The molecule has 3 aromatic heterocycles. The summed E-state index contributed by atoms with van der Waals surface area (Å²) in [5.74, 6) is -0.173. The molecule has 0 aliphatic heterocycles. The fourth-order valence-electron chi connectivity index (χ4n) is 3.31. The molecule has 3 heterocycles. The predicted octanol–water partition coefficient (Wildman–Crippen LogP) is 4.59. The summed E-state index contributed by atoms with van der Waals surface area (Å²) < 4.78 is 3.62. The number of aromatic nitrogens is 5. The Kier molecular flexibility index (Phi) is 6.78. The molecule has 8 heteroatoms. The van der Waals surface area contributed by atoms with Gasteiger partial charge in [0, 0.05) is 18.0 Å². The molecule has 34 heavy (non-hydrogen) atoms. The van der Waals surface area contributed by atoms with Gasteiger partial charge in [0.2, 0.25) is 0 Å². The number of pyridine rings is 1. The van der Waals surface area contributed by atoms with Crippen molar-refractivity contribution in [2.45, 2.75) is 13.8 Å². The second-order valence-electron chi connectivity index (χ2n) is 7.51. The number of carbonyl (C=O) groups is 1. The number of carbonyl (C=O) groups excluding carboxylic acids is 1. The molecular weight excluding hydrogens is 426 g/mol. The highest BCUT2D eigenvalue weighted by atomic mass is 16.1. The summed E-state index contributed by atoms with van der Waals surface area (Å²) in [5.41, 5.74) is 11.5. The number of benzene rings is 2. The molecule has 0 saturated carbocycles. The molecule has 0 aliphatic carbocycles.